The van der Waals surface area contributed by atoms with Crippen molar-refractivity contribution in [2.75, 3.05) is 23.1 Å². The molecule has 0 saturated heterocycles. The Morgan fingerprint density at radius 2 is 1.73 bits per heavy atom. The number of carbonyl (C=O) groups excluding carboxylic acids is 1. The predicted molar refractivity (Wildman–Crippen MR) is 125 cm³/mol. The Labute approximate surface area is 196 Å². The molecule has 0 radical (unpaired) electrons. The van der Waals surface area contributed by atoms with Gasteiger partial charge in [-0.05, 0) is 43.2 Å². The second kappa shape index (κ2) is 11.3. The molecule has 33 heavy (non-hydrogen) atoms. The first-order chi connectivity index (χ1) is 15.7. The van der Waals surface area contributed by atoms with Gasteiger partial charge in [-0.25, -0.2) is 8.42 Å². The van der Waals surface area contributed by atoms with Gasteiger partial charge < -0.3 is 5.32 Å². The van der Waals surface area contributed by atoms with E-state index in [1.54, 1.807) is 17.8 Å². The van der Waals surface area contributed by atoms with Crippen LogP contribution in [0.15, 0.2) is 59.5 Å². The summed E-state index contributed by atoms with van der Waals surface area (Å²) in [5, 5.41) is 3.28. The molecule has 0 aromatic heterocycles. The summed E-state index contributed by atoms with van der Waals surface area (Å²) in [6.07, 6.45) is 1.38. The van der Waals surface area contributed by atoms with Crippen molar-refractivity contribution in [3.8, 4) is 0 Å². The van der Waals surface area contributed by atoms with Crippen molar-refractivity contribution < 1.29 is 26.4 Å². The van der Waals surface area contributed by atoms with Gasteiger partial charge in [0.1, 0.15) is 6.54 Å². The Kier molecular flexibility index (Phi) is 8.69. The van der Waals surface area contributed by atoms with E-state index in [0.717, 1.165) is 35.3 Å². The van der Waals surface area contributed by atoms with Crippen LogP contribution in [0, 0.1) is 0 Å². The third-order valence-electron chi connectivity index (χ3n) is 5.41. The van der Waals surface area contributed by atoms with E-state index in [1.807, 2.05) is 0 Å². The molecule has 3 rings (SSSR count). The van der Waals surface area contributed by atoms with Crippen LogP contribution in [0.3, 0.4) is 0 Å². The second-order valence-electron chi connectivity index (χ2n) is 7.85. The number of anilines is 1. The number of nitrogens with zero attached hydrogens (tertiary/aromatic N) is 1. The molecule has 1 N–H and O–H groups in total. The molecule has 0 bridgehead atoms. The highest BCUT2D eigenvalue weighted by Gasteiger charge is 2.33. The molecule has 5 nitrogen and oxygen atoms in total. The maximum Gasteiger partial charge on any atom is 0.416 e. The summed E-state index contributed by atoms with van der Waals surface area (Å²) >= 11 is 1.79. The van der Waals surface area contributed by atoms with Gasteiger partial charge in [0.05, 0.1) is 16.1 Å². The van der Waals surface area contributed by atoms with E-state index in [0.29, 0.717) is 17.5 Å². The van der Waals surface area contributed by atoms with Crippen LogP contribution in [0.2, 0.25) is 0 Å². The molecule has 0 unspecified atom stereocenters. The molecule has 0 spiro atoms. The molecule has 1 saturated carbocycles. The van der Waals surface area contributed by atoms with Gasteiger partial charge in [-0.15, -0.1) is 0 Å². The molecular weight excluding hydrogens is 473 g/mol. The molecule has 0 heterocycles. The summed E-state index contributed by atoms with van der Waals surface area (Å²) in [5.74, 6) is 0.127. The third kappa shape index (κ3) is 7.14. The van der Waals surface area contributed by atoms with Crippen LogP contribution in [0.4, 0.5) is 18.9 Å². The molecule has 1 fully saturated rings. The third-order valence-corrected chi connectivity index (χ3v) is 8.58. The van der Waals surface area contributed by atoms with E-state index in [1.165, 1.54) is 49.6 Å². The van der Waals surface area contributed by atoms with E-state index in [4.69, 9.17) is 0 Å². The quantitative estimate of drug-likeness (QED) is 0.488. The van der Waals surface area contributed by atoms with Crippen molar-refractivity contribution in [1.29, 1.82) is 0 Å². The predicted octanol–water partition coefficient (Wildman–Crippen LogP) is 5.08. The number of nitrogens with one attached hydrogen (secondary N) is 1. The van der Waals surface area contributed by atoms with Crippen molar-refractivity contribution >= 4 is 33.4 Å². The zero-order chi connectivity index (χ0) is 23.9. The molecule has 1 aliphatic carbocycles. The minimum atomic E-state index is -4.64. The number of rotatable bonds is 9. The lowest BCUT2D eigenvalue weighted by Gasteiger charge is -2.25. The summed E-state index contributed by atoms with van der Waals surface area (Å²) in [4.78, 5) is 12.5. The standard InChI is InChI=1S/C23H27F3N2O3S2/c24-23(25,26)18-8-7-9-19(16-18)28(33(30,31)21-12-5-2-6-13-21)17-22(29)27-14-15-32-20-10-3-1-4-11-20/h2,5-9,12-13,16,20H,1,3-4,10-11,14-15,17H2,(H,27,29). The van der Waals surface area contributed by atoms with E-state index in [9.17, 15) is 26.4 Å². The number of alkyl halides is 3. The van der Waals surface area contributed by atoms with Crippen LogP contribution in [0.1, 0.15) is 37.7 Å². The molecule has 10 heteroatoms. The number of carbonyl (C=O) groups is 1. The summed E-state index contributed by atoms with van der Waals surface area (Å²) in [7, 11) is -4.26. The number of thioether (sulfide) groups is 1. The topological polar surface area (TPSA) is 66.5 Å². The number of hydrogen-bond donors (Lipinski definition) is 1. The number of sulfonamides is 1. The average molecular weight is 501 g/mol. The first-order valence-electron chi connectivity index (χ1n) is 10.8. The van der Waals surface area contributed by atoms with Gasteiger partial charge in [-0.1, -0.05) is 43.5 Å². The van der Waals surface area contributed by atoms with Gasteiger partial charge >= 0.3 is 6.18 Å². The van der Waals surface area contributed by atoms with Gasteiger partial charge in [-0.3, -0.25) is 9.10 Å². The summed E-state index contributed by atoms with van der Waals surface area (Å²) in [6.45, 7) is -0.256. The SMILES string of the molecule is O=C(CN(c1cccc(C(F)(F)F)c1)S(=O)(=O)c1ccccc1)NCCSC1CCCCC1. The van der Waals surface area contributed by atoms with Crippen LogP contribution >= 0.6 is 11.8 Å². The minimum Gasteiger partial charge on any atom is -0.354 e. The van der Waals surface area contributed by atoms with Crippen LogP contribution < -0.4 is 9.62 Å². The van der Waals surface area contributed by atoms with E-state index >= 15 is 0 Å². The summed E-state index contributed by atoms with van der Waals surface area (Å²) in [6, 6.07) is 11.3. The van der Waals surface area contributed by atoms with Gasteiger partial charge in [0.25, 0.3) is 10.0 Å². The summed E-state index contributed by atoms with van der Waals surface area (Å²) < 4.78 is 66.8. The zero-order valence-corrected chi connectivity index (χ0v) is 19.7. The Balaban J connectivity index is 1.74. The van der Waals surface area contributed by atoms with E-state index in [-0.39, 0.29) is 10.6 Å². The molecule has 1 amide bonds. The maximum atomic E-state index is 13.2. The fourth-order valence-corrected chi connectivity index (χ4v) is 6.36. The van der Waals surface area contributed by atoms with Crippen LogP contribution in [0.5, 0.6) is 0 Å². The Bertz CT molecular complexity index is 1020. The maximum absolute atomic E-state index is 13.2. The molecule has 180 valence electrons. The molecule has 2 aromatic carbocycles. The second-order valence-corrected chi connectivity index (χ2v) is 11.1. The fourth-order valence-electron chi connectivity index (χ4n) is 3.71. The molecule has 0 atom stereocenters. The first-order valence-corrected chi connectivity index (χ1v) is 13.3. The van der Waals surface area contributed by atoms with Crippen molar-refractivity contribution in [2.45, 2.75) is 48.4 Å². The largest absolute Gasteiger partial charge is 0.416 e. The normalized spacial score (nSPS) is 15.2. The fraction of sp³-hybridized carbons (Fsp3) is 0.435. The lowest BCUT2D eigenvalue weighted by molar-refractivity contribution is -0.137. The first kappa shape index (κ1) is 25.4. The number of hydrogen-bond acceptors (Lipinski definition) is 4. The molecule has 1 aliphatic rings. The molecule has 2 aromatic rings. The zero-order valence-electron chi connectivity index (χ0n) is 18.1. The number of benzene rings is 2. The highest BCUT2D eigenvalue weighted by molar-refractivity contribution is 7.99. The Hall–Kier alpha value is -2.20. The Morgan fingerprint density at radius 3 is 2.39 bits per heavy atom. The lowest BCUT2D eigenvalue weighted by atomic mass is 10.0. The van der Waals surface area contributed by atoms with Crippen LogP contribution in [0.25, 0.3) is 0 Å². The highest BCUT2D eigenvalue weighted by atomic mass is 32.2. The monoisotopic (exact) mass is 500 g/mol. The van der Waals surface area contributed by atoms with Crippen LogP contribution in [-0.4, -0.2) is 38.4 Å². The van der Waals surface area contributed by atoms with Crippen LogP contribution in [-0.2, 0) is 21.0 Å². The number of halogens is 3. The van der Waals surface area contributed by atoms with Crippen molar-refractivity contribution in [2.24, 2.45) is 0 Å². The average Bonchev–Trinajstić information content (AvgIpc) is 2.81. The van der Waals surface area contributed by atoms with Gasteiger partial charge in [0, 0.05) is 17.5 Å². The van der Waals surface area contributed by atoms with Gasteiger partial charge in [0.2, 0.25) is 5.91 Å². The number of amides is 1. The molecule has 0 aliphatic heterocycles. The van der Waals surface area contributed by atoms with Crippen molar-refractivity contribution in [3.63, 3.8) is 0 Å². The minimum absolute atomic E-state index is 0.108. The highest BCUT2D eigenvalue weighted by Crippen LogP contribution is 2.33. The molecular formula is C23H27F3N2O3S2. The smallest absolute Gasteiger partial charge is 0.354 e. The van der Waals surface area contributed by atoms with Crippen molar-refractivity contribution in [1.82, 2.24) is 5.32 Å². The Morgan fingerprint density at radius 1 is 1.03 bits per heavy atom. The lowest BCUT2D eigenvalue weighted by Crippen LogP contribution is -2.41. The van der Waals surface area contributed by atoms with E-state index < -0.39 is 34.2 Å². The summed E-state index contributed by atoms with van der Waals surface area (Å²) in [5.41, 5.74) is -1.21. The van der Waals surface area contributed by atoms with Gasteiger partial charge in [0.15, 0.2) is 0 Å². The van der Waals surface area contributed by atoms with Gasteiger partial charge in [-0.2, -0.15) is 24.9 Å². The van der Waals surface area contributed by atoms with E-state index in [2.05, 4.69) is 5.32 Å². The van der Waals surface area contributed by atoms with Crippen molar-refractivity contribution in [3.05, 3.63) is 60.2 Å².